The molecule has 2 saturated heterocycles. The monoisotopic (exact) mass is 573 g/mol. The number of nitrogens with one attached hydrogen (secondary N) is 3. The minimum Gasteiger partial charge on any atom is -0.495 e. The average Bonchev–Trinajstić information content (AvgIpc) is 3.37. The van der Waals surface area contributed by atoms with Crippen LogP contribution in [0.15, 0.2) is 36.9 Å². The van der Waals surface area contributed by atoms with E-state index in [9.17, 15) is 4.79 Å². The van der Waals surface area contributed by atoms with E-state index >= 15 is 0 Å². The SMILES string of the molecule is C=CC(=O)Nc1ccc(N2CCN(C)CC2)cc1C1NNC2C[C@H](c3c(Cl)c(OC)cc(OC)c3Cl)CCC21. The summed E-state index contributed by atoms with van der Waals surface area (Å²) in [6.07, 6.45) is 4.04. The number of ether oxygens (including phenoxy) is 2. The van der Waals surface area contributed by atoms with Gasteiger partial charge in [-0.1, -0.05) is 29.8 Å². The summed E-state index contributed by atoms with van der Waals surface area (Å²) in [5, 5.41) is 4.12. The van der Waals surface area contributed by atoms with Gasteiger partial charge in [-0.2, -0.15) is 0 Å². The number of anilines is 2. The minimum atomic E-state index is -0.217. The molecule has 5 rings (SSSR count). The second-order valence-corrected chi connectivity index (χ2v) is 11.4. The normalized spacial score (nSPS) is 25.2. The van der Waals surface area contributed by atoms with Gasteiger partial charge in [0.25, 0.3) is 0 Å². The second-order valence-electron chi connectivity index (χ2n) is 10.6. The standard InChI is InChI=1S/C29H37Cl2N5O3/c1-5-25(37)32-21-9-7-18(36-12-10-35(2)11-13-36)15-20(21)29-19-8-6-17(14-22(19)33-34-29)26-27(30)23(38-3)16-24(39-4)28(26)31/h5,7,9,15-17,19,22,29,33-34H,1,6,8,10-14H2,2-4H3,(H,32,37)/t17-,19?,22?,29?/m1/s1. The van der Waals surface area contributed by atoms with Crippen LogP contribution < -0.4 is 30.5 Å². The lowest BCUT2D eigenvalue weighted by molar-refractivity contribution is -0.111. The molecule has 2 heterocycles. The van der Waals surface area contributed by atoms with Crippen LogP contribution in [0.2, 0.25) is 10.0 Å². The number of hydrazine groups is 1. The smallest absolute Gasteiger partial charge is 0.247 e. The molecule has 8 nitrogen and oxygen atoms in total. The third-order valence-corrected chi connectivity index (χ3v) is 9.23. The molecule has 4 atom stereocenters. The highest BCUT2D eigenvalue weighted by atomic mass is 35.5. The maximum Gasteiger partial charge on any atom is 0.247 e. The van der Waals surface area contributed by atoms with Crippen molar-refractivity contribution < 1.29 is 14.3 Å². The highest BCUT2D eigenvalue weighted by Crippen LogP contribution is 2.51. The van der Waals surface area contributed by atoms with Crippen LogP contribution in [-0.4, -0.2) is 64.3 Å². The van der Waals surface area contributed by atoms with E-state index < -0.39 is 0 Å². The van der Waals surface area contributed by atoms with Crippen molar-refractivity contribution >= 4 is 40.5 Å². The van der Waals surface area contributed by atoms with E-state index in [1.807, 2.05) is 6.07 Å². The van der Waals surface area contributed by atoms with Crippen LogP contribution in [0.1, 0.15) is 42.3 Å². The molecule has 2 aromatic rings. The molecular weight excluding hydrogens is 537 g/mol. The van der Waals surface area contributed by atoms with Gasteiger partial charge in [-0.15, -0.1) is 0 Å². The van der Waals surface area contributed by atoms with Crippen molar-refractivity contribution in [3.05, 3.63) is 58.1 Å². The van der Waals surface area contributed by atoms with E-state index in [1.54, 1.807) is 20.3 Å². The number of amides is 1. The number of piperazine rings is 1. The number of hydrogen-bond acceptors (Lipinski definition) is 7. The van der Waals surface area contributed by atoms with Gasteiger partial charge in [-0.25, -0.2) is 5.43 Å². The summed E-state index contributed by atoms with van der Waals surface area (Å²) in [6.45, 7) is 7.64. The van der Waals surface area contributed by atoms with Crippen LogP contribution in [0, 0.1) is 5.92 Å². The summed E-state index contributed by atoms with van der Waals surface area (Å²) in [5.41, 5.74) is 11.1. The zero-order valence-electron chi connectivity index (χ0n) is 22.7. The van der Waals surface area contributed by atoms with Crippen LogP contribution in [0.25, 0.3) is 0 Å². The highest BCUT2D eigenvalue weighted by molar-refractivity contribution is 6.38. The minimum absolute atomic E-state index is 0.0364. The van der Waals surface area contributed by atoms with Gasteiger partial charge in [0.1, 0.15) is 11.5 Å². The number of hydrogen-bond donors (Lipinski definition) is 3. The van der Waals surface area contributed by atoms with Gasteiger partial charge >= 0.3 is 0 Å². The van der Waals surface area contributed by atoms with E-state index in [0.717, 1.165) is 62.3 Å². The molecule has 3 N–H and O–H groups in total. The third-order valence-electron chi connectivity index (χ3n) is 8.45. The van der Waals surface area contributed by atoms with E-state index in [-0.39, 0.29) is 23.9 Å². The molecule has 3 fully saturated rings. The molecule has 210 valence electrons. The molecule has 0 aromatic heterocycles. The van der Waals surface area contributed by atoms with Crippen molar-refractivity contribution in [3.63, 3.8) is 0 Å². The second kappa shape index (κ2) is 11.9. The van der Waals surface area contributed by atoms with Crippen LogP contribution in [0.3, 0.4) is 0 Å². The number of carbonyl (C=O) groups is 1. The topological polar surface area (TPSA) is 78.1 Å². The lowest BCUT2D eigenvalue weighted by Gasteiger charge is -2.36. The molecule has 10 heteroatoms. The Kier molecular flexibility index (Phi) is 8.59. The van der Waals surface area contributed by atoms with Crippen molar-refractivity contribution in [2.75, 3.05) is 57.7 Å². The van der Waals surface area contributed by atoms with Gasteiger partial charge in [0.2, 0.25) is 5.91 Å². The molecule has 1 saturated carbocycles. The Bertz CT molecular complexity index is 1210. The Morgan fingerprint density at radius 3 is 2.38 bits per heavy atom. The average molecular weight is 575 g/mol. The van der Waals surface area contributed by atoms with Crippen LogP contribution in [0.4, 0.5) is 11.4 Å². The molecule has 3 unspecified atom stereocenters. The van der Waals surface area contributed by atoms with Crippen LogP contribution >= 0.6 is 23.2 Å². The van der Waals surface area contributed by atoms with Crippen molar-refractivity contribution in [2.24, 2.45) is 5.92 Å². The number of methoxy groups -OCH3 is 2. The first-order valence-corrected chi connectivity index (χ1v) is 14.2. The molecule has 0 radical (unpaired) electrons. The Hall–Kier alpha value is -2.49. The van der Waals surface area contributed by atoms with Gasteiger partial charge in [0, 0.05) is 55.2 Å². The van der Waals surface area contributed by atoms with E-state index in [4.69, 9.17) is 32.7 Å². The van der Waals surface area contributed by atoms with Gasteiger partial charge in [-0.3, -0.25) is 10.2 Å². The summed E-state index contributed by atoms with van der Waals surface area (Å²) < 4.78 is 11.0. The van der Waals surface area contributed by atoms with Crippen molar-refractivity contribution in [1.29, 1.82) is 0 Å². The van der Waals surface area contributed by atoms with Crippen LogP contribution in [-0.2, 0) is 4.79 Å². The lowest BCUT2D eigenvalue weighted by Crippen LogP contribution is -2.44. The quantitative estimate of drug-likeness (QED) is 0.403. The molecular formula is C29H37Cl2N5O3. The summed E-state index contributed by atoms with van der Waals surface area (Å²) in [6, 6.07) is 8.33. The van der Waals surface area contributed by atoms with E-state index in [1.165, 1.54) is 11.8 Å². The first-order chi connectivity index (χ1) is 18.8. The fraction of sp³-hybridized carbons (Fsp3) is 0.483. The molecule has 0 bridgehead atoms. The molecule has 1 amide bonds. The Labute approximate surface area is 240 Å². The number of benzene rings is 2. The molecule has 2 aromatic carbocycles. The van der Waals surface area contributed by atoms with Gasteiger partial charge in [0.05, 0.1) is 30.3 Å². The number of likely N-dealkylation sites (N-methyl/N-ethyl adjacent to an activating group) is 1. The van der Waals surface area contributed by atoms with Crippen molar-refractivity contribution in [2.45, 2.75) is 37.3 Å². The zero-order chi connectivity index (χ0) is 27.7. The molecule has 3 aliphatic rings. The maximum absolute atomic E-state index is 12.3. The molecule has 39 heavy (non-hydrogen) atoms. The fourth-order valence-electron chi connectivity index (χ4n) is 6.26. The summed E-state index contributed by atoms with van der Waals surface area (Å²) in [5.74, 6) is 1.39. The first-order valence-electron chi connectivity index (χ1n) is 13.5. The van der Waals surface area contributed by atoms with Gasteiger partial charge in [0.15, 0.2) is 0 Å². The highest BCUT2D eigenvalue weighted by Gasteiger charge is 2.43. The molecule has 1 aliphatic carbocycles. The van der Waals surface area contributed by atoms with E-state index in [0.29, 0.717) is 27.5 Å². The fourth-order valence-corrected chi connectivity index (χ4v) is 7.07. The number of halogens is 2. The van der Waals surface area contributed by atoms with Crippen LogP contribution in [0.5, 0.6) is 11.5 Å². The zero-order valence-corrected chi connectivity index (χ0v) is 24.2. The van der Waals surface area contributed by atoms with Gasteiger partial charge in [-0.05, 0) is 68.0 Å². The number of nitrogens with zero attached hydrogens (tertiary/aromatic N) is 2. The number of rotatable bonds is 7. The largest absolute Gasteiger partial charge is 0.495 e. The maximum atomic E-state index is 12.3. The van der Waals surface area contributed by atoms with E-state index in [2.05, 4.69) is 51.7 Å². The van der Waals surface area contributed by atoms with Crippen molar-refractivity contribution in [1.82, 2.24) is 15.8 Å². The predicted octanol–water partition coefficient (Wildman–Crippen LogP) is 4.99. The predicted molar refractivity (Wildman–Crippen MR) is 157 cm³/mol. The number of fused-ring (bicyclic) bond motifs is 1. The van der Waals surface area contributed by atoms with Crippen molar-refractivity contribution in [3.8, 4) is 11.5 Å². The molecule has 0 spiro atoms. The number of carbonyl (C=O) groups excluding carboxylic acids is 1. The summed E-state index contributed by atoms with van der Waals surface area (Å²) >= 11 is 13.5. The molecule has 2 aliphatic heterocycles. The summed E-state index contributed by atoms with van der Waals surface area (Å²) in [7, 11) is 5.35. The Morgan fingerprint density at radius 1 is 1.05 bits per heavy atom. The third kappa shape index (κ3) is 5.58. The summed E-state index contributed by atoms with van der Waals surface area (Å²) in [4.78, 5) is 17.1. The Morgan fingerprint density at radius 2 is 1.74 bits per heavy atom. The van der Waals surface area contributed by atoms with Gasteiger partial charge < -0.3 is 24.6 Å². The lowest BCUT2D eigenvalue weighted by atomic mass is 9.72. The Balaban J connectivity index is 1.41. The first kappa shape index (κ1) is 28.1.